The van der Waals surface area contributed by atoms with Crippen molar-refractivity contribution in [2.75, 3.05) is 7.11 Å². The average molecular weight is 209 g/mol. The van der Waals surface area contributed by atoms with Crippen LogP contribution in [0.25, 0.3) is 0 Å². The van der Waals surface area contributed by atoms with Gasteiger partial charge < -0.3 is 15.6 Å². The van der Waals surface area contributed by atoms with Crippen LogP contribution in [0.5, 0.6) is 11.5 Å². The Balaban J connectivity index is 2.78. The topological polar surface area (TPSA) is 55.5 Å². The highest BCUT2D eigenvalue weighted by Crippen LogP contribution is 2.30. The molecule has 0 fully saturated rings. The number of rotatable bonds is 4. The molecular formula is C12H19NO2. The molecule has 3 nitrogen and oxygen atoms in total. The number of nitrogens with two attached hydrogens (primary N) is 1. The molecule has 0 spiro atoms. The Labute approximate surface area is 90.9 Å². The third-order valence-corrected chi connectivity index (χ3v) is 2.34. The van der Waals surface area contributed by atoms with E-state index in [1.54, 1.807) is 13.2 Å². The maximum atomic E-state index is 9.82. The number of methoxy groups -OCH3 is 1. The van der Waals surface area contributed by atoms with Crippen LogP contribution in [0.4, 0.5) is 0 Å². The van der Waals surface area contributed by atoms with E-state index < -0.39 is 0 Å². The summed E-state index contributed by atoms with van der Waals surface area (Å²) >= 11 is 0. The summed E-state index contributed by atoms with van der Waals surface area (Å²) in [7, 11) is 1.55. The van der Waals surface area contributed by atoms with Crippen LogP contribution in [0.3, 0.4) is 0 Å². The van der Waals surface area contributed by atoms with Gasteiger partial charge in [-0.05, 0) is 38.3 Å². The van der Waals surface area contributed by atoms with Crippen LogP contribution in [-0.2, 0) is 6.42 Å². The lowest BCUT2D eigenvalue weighted by Gasteiger charge is -2.18. The zero-order valence-corrected chi connectivity index (χ0v) is 9.58. The van der Waals surface area contributed by atoms with E-state index >= 15 is 0 Å². The van der Waals surface area contributed by atoms with E-state index in [0.29, 0.717) is 5.75 Å². The summed E-state index contributed by atoms with van der Waals surface area (Å²) in [6, 6.07) is 5.51. The Morgan fingerprint density at radius 2 is 2.07 bits per heavy atom. The summed E-state index contributed by atoms with van der Waals surface area (Å²) in [5.41, 5.74) is 6.56. The van der Waals surface area contributed by atoms with Crippen molar-refractivity contribution >= 4 is 0 Å². The van der Waals surface area contributed by atoms with Gasteiger partial charge in [0.1, 0.15) is 0 Å². The molecule has 0 bridgehead atoms. The second-order valence-electron chi connectivity index (χ2n) is 4.46. The molecule has 1 aromatic rings. The summed E-state index contributed by atoms with van der Waals surface area (Å²) < 4.78 is 5.04. The third kappa shape index (κ3) is 3.44. The van der Waals surface area contributed by atoms with Crippen LogP contribution < -0.4 is 10.5 Å². The maximum absolute atomic E-state index is 9.82. The fourth-order valence-corrected chi connectivity index (χ4v) is 1.39. The molecule has 0 aliphatic rings. The van der Waals surface area contributed by atoms with Crippen molar-refractivity contribution in [3.8, 4) is 11.5 Å². The van der Waals surface area contributed by atoms with E-state index in [2.05, 4.69) is 0 Å². The number of hydrogen-bond acceptors (Lipinski definition) is 3. The molecule has 0 radical (unpaired) electrons. The molecule has 0 unspecified atom stereocenters. The molecule has 84 valence electrons. The highest BCUT2D eigenvalue weighted by Gasteiger charge is 2.13. The smallest absolute Gasteiger partial charge is 0.160 e. The van der Waals surface area contributed by atoms with Gasteiger partial charge in [0.25, 0.3) is 0 Å². The number of hydrogen-bond donors (Lipinski definition) is 2. The second kappa shape index (κ2) is 4.53. The van der Waals surface area contributed by atoms with Gasteiger partial charge in [-0.1, -0.05) is 12.1 Å². The van der Waals surface area contributed by atoms with E-state index in [0.717, 1.165) is 18.4 Å². The first kappa shape index (κ1) is 11.9. The molecular weight excluding hydrogens is 190 g/mol. The average Bonchev–Trinajstić information content (AvgIpc) is 2.15. The molecule has 0 saturated carbocycles. The number of ether oxygens (including phenoxy) is 1. The van der Waals surface area contributed by atoms with Crippen molar-refractivity contribution in [2.24, 2.45) is 5.73 Å². The van der Waals surface area contributed by atoms with Crippen LogP contribution in [0.15, 0.2) is 18.2 Å². The number of benzene rings is 1. The van der Waals surface area contributed by atoms with Gasteiger partial charge >= 0.3 is 0 Å². The van der Waals surface area contributed by atoms with Gasteiger partial charge in [0.05, 0.1) is 7.11 Å². The Hall–Kier alpha value is -1.22. The Kier molecular flexibility index (Phi) is 3.58. The van der Waals surface area contributed by atoms with E-state index in [9.17, 15) is 5.11 Å². The maximum Gasteiger partial charge on any atom is 0.160 e. The van der Waals surface area contributed by atoms with Gasteiger partial charge in [-0.3, -0.25) is 0 Å². The predicted octanol–water partition coefficient (Wildman–Crippen LogP) is 2.07. The zero-order valence-electron chi connectivity index (χ0n) is 9.58. The molecule has 0 atom stereocenters. The highest BCUT2D eigenvalue weighted by atomic mass is 16.5. The lowest BCUT2D eigenvalue weighted by Crippen LogP contribution is -2.32. The van der Waals surface area contributed by atoms with Gasteiger partial charge in [-0.2, -0.15) is 0 Å². The summed E-state index contributed by atoms with van der Waals surface area (Å²) in [6.45, 7) is 3.95. The molecule has 1 aromatic carbocycles. The molecule has 0 aliphatic carbocycles. The van der Waals surface area contributed by atoms with E-state index in [4.69, 9.17) is 10.5 Å². The van der Waals surface area contributed by atoms with Gasteiger partial charge in [0, 0.05) is 5.54 Å². The van der Waals surface area contributed by atoms with Crippen LogP contribution >= 0.6 is 0 Å². The first-order chi connectivity index (χ1) is 6.94. The number of aryl methyl sites for hydroxylation is 1. The zero-order chi connectivity index (χ0) is 11.5. The lowest BCUT2D eigenvalue weighted by atomic mass is 9.96. The molecule has 3 N–H and O–H groups in total. The minimum Gasteiger partial charge on any atom is -0.504 e. The van der Waals surface area contributed by atoms with Crippen molar-refractivity contribution in [2.45, 2.75) is 32.2 Å². The molecule has 0 heterocycles. The fraction of sp³-hybridized carbons (Fsp3) is 0.500. The van der Waals surface area contributed by atoms with Crippen LogP contribution in [0, 0.1) is 0 Å². The summed E-state index contributed by atoms with van der Waals surface area (Å²) in [6.07, 6.45) is 1.58. The first-order valence-corrected chi connectivity index (χ1v) is 5.08. The molecule has 0 saturated heterocycles. The predicted molar refractivity (Wildman–Crippen MR) is 61.2 cm³/mol. The number of phenolic OH excluding ortho intramolecular Hbond substituents is 1. The molecule has 15 heavy (non-hydrogen) atoms. The van der Waals surface area contributed by atoms with E-state index in [1.807, 2.05) is 26.0 Å². The summed E-state index contributed by atoms with van der Waals surface area (Å²) in [5.74, 6) is 0.742. The first-order valence-electron chi connectivity index (χ1n) is 5.08. The van der Waals surface area contributed by atoms with Gasteiger partial charge in [-0.15, -0.1) is 0 Å². The number of phenols is 1. The molecule has 0 amide bonds. The molecule has 0 aromatic heterocycles. The van der Waals surface area contributed by atoms with Gasteiger partial charge in [0.2, 0.25) is 0 Å². The van der Waals surface area contributed by atoms with Crippen molar-refractivity contribution in [3.05, 3.63) is 23.8 Å². The standard InChI is InChI=1S/C12H19NO2/c1-12(2,13)8-7-9-5-4-6-10(15-3)11(9)14/h4-6,14H,7-8,13H2,1-3H3. The van der Waals surface area contributed by atoms with Gasteiger partial charge in [-0.25, -0.2) is 0 Å². The fourth-order valence-electron chi connectivity index (χ4n) is 1.39. The van der Waals surface area contributed by atoms with Crippen molar-refractivity contribution in [1.29, 1.82) is 0 Å². The van der Waals surface area contributed by atoms with Gasteiger partial charge in [0.15, 0.2) is 11.5 Å². The SMILES string of the molecule is COc1cccc(CCC(C)(C)N)c1O. The normalized spacial score (nSPS) is 11.5. The van der Waals surface area contributed by atoms with Crippen LogP contribution in [-0.4, -0.2) is 17.8 Å². The number of para-hydroxylation sites is 1. The molecule has 0 aliphatic heterocycles. The Morgan fingerprint density at radius 3 is 2.60 bits per heavy atom. The van der Waals surface area contributed by atoms with Crippen molar-refractivity contribution in [3.63, 3.8) is 0 Å². The largest absolute Gasteiger partial charge is 0.504 e. The Morgan fingerprint density at radius 1 is 1.40 bits per heavy atom. The number of aromatic hydroxyl groups is 1. The van der Waals surface area contributed by atoms with Crippen molar-refractivity contribution < 1.29 is 9.84 Å². The van der Waals surface area contributed by atoms with Crippen molar-refractivity contribution in [1.82, 2.24) is 0 Å². The Bertz CT molecular complexity index is 329. The monoisotopic (exact) mass is 209 g/mol. The van der Waals surface area contributed by atoms with E-state index in [1.165, 1.54) is 0 Å². The molecule has 3 heteroatoms. The summed E-state index contributed by atoms with van der Waals surface area (Å²) in [4.78, 5) is 0. The van der Waals surface area contributed by atoms with Crippen LogP contribution in [0.1, 0.15) is 25.8 Å². The minimum atomic E-state index is -0.213. The quantitative estimate of drug-likeness (QED) is 0.798. The van der Waals surface area contributed by atoms with Crippen LogP contribution in [0.2, 0.25) is 0 Å². The second-order valence-corrected chi connectivity index (χ2v) is 4.46. The third-order valence-electron chi connectivity index (χ3n) is 2.34. The minimum absolute atomic E-state index is 0.213. The van der Waals surface area contributed by atoms with E-state index in [-0.39, 0.29) is 11.3 Å². The lowest BCUT2D eigenvalue weighted by molar-refractivity contribution is 0.368. The highest BCUT2D eigenvalue weighted by molar-refractivity contribution is 5.45. The molecule has 1 rings (SSSR count). The summed E-state index contributed by atoms with van der Waals surface area (Å²) in [5, 5.41) is 9.82.